The first-order valence-corrected chi connectivity index (χ1v) is 10.1. The molecule has 1 aromatic heterocycles. The zero-order chi connectivity index (χ0) is 19.7. The monoisotopic (exact) mass is 389 g/mol. The van der Waals surface area contributed by atoms with Crippen molar-refractivity contribution < 1.29 is 14.0 Å². The van der Waals surface area contributed by atoms with Crippen LogP contribution in [0.25, 0.3) is 10.9 Å². The largest absolute Gasteiger partial charge is 0.356 e. The molecule has 0 saturated carbocycles. The lowest BCUT2D eigenvalue weighted by Crippen LogP contribution is -2.65. The number of hydrogen-bond donors (Lipinski definition) is 1. The second kappa shape index (κ2) is 5.92. The predicted molar refractivity (Wildman–Crippen MR) is 106 cm³/mol. The molecule has 3 aliphatic heterocycles. The normalized spacial score (nSPS) is 25.9. The van der Waals surface area contributed by atoms with Gasteiger partial charge in [-0.2, -0.15) is 0 Å². The number of carbonyl (C=O) groups is 2. The number of carbonyl (C=O) groups excluding carboxylic acids is 2. The second-order valence-electron chi connectivity index (χ2n) is 8.17. The van der Waals surface area contributed by atoms with Gasteiger partial charge < -0.3 is 14.8 Å². The number of halogens is 1. The summed E-state index contributed by atoms with van der Waals surface area (Å²) in [6, 6.07) is 13.0. The van der Waals surface area contributed by atoms with E-state index in [0.29, 0.717) is 19.4 Å². The van der Waals surface area contributed by atoms with Gasteiger partial charge in [0.25, 0.3) is 0 Å². The molecule has 2 saturated heterocycles. The number of H-pyrrole nitrogens is 1. The summed E-state index contributed by atoms with van der Waals surface area (Å²) < 4.78 is 13.6. The lowest BCUT2D eigenvalue weighted by atomic mass is 9.85. The molecule has 0 aliphatic carbocycles. The average Bonchev–Trinajstić information content (AvgIpc) is 3.37. The van der Waals surface area contributed by atoms with Gasteiger partial charge in [-0.3, -0.25) is 9.59 Å². The molecule has 2 amide bonds. The van der Waals surface area contributed by atoms with Gasteiger partial charge in [-0.1, -0.05) is 30.3 Å². The summed E-state index contributed by atoms with van der Waals surface area (Å²) in [4.78, 5) is 33.9. The van der Waals surface area contributed by atoms with Gasteiger partial charge in [0.15, 0.2) is 0 Å². The molecule has 3 aliphatic rings. The van der Waals surface area contributed by atoms with Crippen molar-refractivity contribution in [1.82, 2.24) is 14.8 Å². The molecule has 5 nitrogen and oxygen atoms in total. The Bertz CT molecular complexity index is 1150. The molecule has 1 N–H and O–H groups in total. The van der Waals surface area contributed by atoms with E-state index in [-0.39, 0.29) is 23.7 Å². The minimum absolute atomic E-state index is 0.00531. The zero-order valence-electron chi connectivity index (χ0n) is 15.8. The van der Waals surface area contributed by atoms with Crippen LogP contribution in [0, 0.1) is 5.82 Å². The third kappa shape index (κ3) is 2.26. The van der Waals surface area contributed by atoms with Gasteiger partial charge in [0, 0.05) is 29.6 Å². The highest BCUT2D eigenvalue weighted by atomic mass is 19.1. The Morgan fingerprint density at radius 3 is 2.59 bits per heavy atom. The van der Waals surface area contributed by atoms with Crippen LogP contribution in [-0.2, 0) is 16.0 Å². The summed E-state index contributed by atoms with van der Waals surface area (Å²) in [5.41, 5.74) is 3.82. The topological polar surface area (TPSA) is 56.4 Å². The van der Waals surface area contributed by atoms with Crippen LogP contribution in [-0.4, -0.2) is 45.2 Å². The fourth-order valence-corrected chi connectivity index (χ4v) is 5.40. The first kappa shape index (κ1) is 16.8. The van der Waals surface area contributed by atoms with Crippen LogP contribution >= 0.6 is 0 Å². The number of para-hydroxylation sites is 1. The molecule has 0 radical (unpaired) electrons. The van der Waals surface area contributed by atoms with E-state index in [1.165, 1.54) is 12.1 Å². The van der Waals surface area contributed by atoms with Crippen LogP contribution in [0.1, 0.15) is 35.7 Å². The smallest absolute Gasteiger partial charge is 0.246 e. The Kier molecular flexibility index (Phi) is 3.43. The highest BCUT2D eigenvalue weighted by Crippen LogP contribution is 2.44. The quantitative estimate of drug-likeness (QED) is 0.695. The summed E-state index contributed by atoms with van der Waals surface area (Å²) in [5, 5.41) is 1.08. The van der Waals surface area contributed by atoms with Gasteiger partial charge in [-0.25, -0.2) is 4.39 Å². The number of nitrogens with zero attached hydrogens (tertiary/aromatic N) is 2. The second-order valence-corrected chi connectivity index (χ2v) is 8.17. The van der Waals surface area contributed by atoms with Gasteiger partial charge in [0.05, 0.1) is 6.04 Å². The number of fused-ring (bicyclic) bond motifs is 5. The van der Waals surface area contributed by atoms with Gasteiger partial charge in [0.2, 0.25) is 11.8 Å². The maximum atomic E-state index is 13.6. The van der Waals surface area contributed by atoms with E-state index in [2.05, 4.69) is 11.1 Å². The number of hydrogen-bond acceptors (Lipinski definition) is 2. The number of rotatable bonds is 1. The molecule has 0 bridgehead atoms. The molecule has 1 unspecified atom stereocenters. The van der Waals surface area contributed by atoms with E-state index in [0.717, 1.165) is 34.1 Å². The Balaban J connectivity index is 1.59. The minimum Gasteiger partial charge on any atom is -0.356 e. The molecule has 4 heterocycles. The van der Waals surface area contributed by atoms with Crippen molar-refractivity contribution in [3.05, 3.63) is 71.2 Å². The fraction of sp³-hybridized carbons (Fsp3) is 0.304. The standard InChI is InChI=1S/C23H20FN3O2/c24-14-9-7-13(8-10-14)21-20-16(15-4-1-2-5-17(15)25-20)12-19-22(28)26-11-3-6-18(26)23(29)27(19)21/h1-2,4-5,7-10,18-19,21,25H,3,6,11-12H2/t18-,19-,21?/m0/s1. The van der Waals surface area contributed by atoms with Crippen LogP contribution in [0.5, 0.6) is 0 Å². The summed E-state index contributed by atoms with van der Waals surface area (Å²) in [6.45, 7) is 0.654. The molecule has 2 aromatic carbocycles. The van der Waals surface area contributed by atoms with Gasteiger partial charge in [-0.05, 0) is 42.2 Å². The highest BCUT2D eigenvalue weighted by Gasteiger charge is 2.53. The predicted octanol–water partition coefficient (Wildman–Crippen LogP) is 3.15. The summed E-state index contributed by atoms with van der Waals surface area (Å²) >= 11 is 0. The van der Waals surface area contributed by atoms with Crippen molar-refractivity contribution in [3.63, 3.8) is 0 Å². The Morgan fingerprint density at radius 1 is 0.966 bits per heavy atom. The van der Waals surface area contributed by atoms with E-state index < -0.39 is 12.1 Å². The molecule has 0 spiro atoms. The molecule has 146 valence electrons. The first-order valence-electron chi connectivity index (χ1n) is 10.1. The van der Waals surface area contributed by atoms with Crippen molar-refractivity contribution in [2.24, 2.45) is 0 Å². The molecule has 6 rings (SSSR count). The van der Waals surface area contributed by atoms with E-state index in [4.69, 9.17) is 0 Å². The molecular weight excluding hydrogens is 369 g/mol. The van der Waals surface area contributed by atoms with Crippen LogP contribution in [0.15, 0.2) is 48.5 Å². The summed E-state index contributed by atoms with van der Waals surface area (Å²) in [7, 11) is 0. The first-order chi connectivity index (χ1) is 14.1. The van der Waals surface area contributed by atoms with Crippen molar-refractivity contribution in [3.8, 4) is 0 Å². The average molecular weight is 389 g/mol. The van der Waals surface area contributed by atoms with Gasteiger partial charge >= 0.3 is 0 Å². The lowest BCUT2D eigenvalue weighted by Gasteiger charge is -2.48. The maximum Gasteiger partial charge on any atom is 0.246 e. The fourth-order valence-electron chi connectivity index (χ4n) is 5.40. The Morgan fingerprint density at radius 2 is 1.76 bits per heavy atom. The highest BCUT2D eigenvalue weighted by molar-refractivity contribution is 5.99. The van der Waals surface area contributed by atoms with Crippen LogP contribution in [0.4, 0.5) is 4.39 Å². The number of aromatic amines is 1. The number of piperazine rings is 1. The lowest BCUT2D eigenvalue weighted by molar-refractivity contribution is -0.162. The van der Waals surface area contributed by atoms with Crippen LogP contribution in [0.3, 0.4) is 0 Å². The number of amides is 2. The third-order valence-corrected chi connectivity index (χ3v) is 6.68. The Labute approximate surface area is 167 Å². The molecule has 2 fully saturated rings. The number of nitrogens with one attached hydrogen (secondary N) is 1. The van der Waals surface area contributed by atoms with E-state index in [1.54, 1.807) is 21.9 Å². The summed E-state index contributed by atoms with van der Waals surface area (Å²) in [5.74, 6) is -0.276. The molecular formula is C23H20FN3O2. The third-order valence-electron chi connectivity index (χ3n) is 6.68. The van der Waals surface area contributed by atoms with Crippen molar-refractivity contribution in [2.75, 3.05) is 6.54 Å². The van der Waals surface area contributed by atoms with Crippen molar-refractivity contribution in [2.45, 2.75) is 37.4 Å². The van der Waals surface area contributed by atoms with E-state index >= 15 is 0 Å². The van der Waals surface area contributed by atoms with E-state index in [9.17, 15) is 14.0 Å². The SMILES string of the molecule is O=C1[C@@H]2Cc3c([nH]c4ccccc34)C(c3ccc(F)cc3)N2C(=O)[C@@H]2CCCN12. The van der Waals surface area contributed by atoms with Gasteiger partial charge in [-0.15, -0.1) is 0 Å². The van der Waals surface area contributed by atoms with E-state index in [1.807, 2.05) is 18.2 Å². The van der Waals surface area contributed by atoms with Crippen LogP contribution in [0.2, 0.25) is 0 Å². The zero-order valence-corrected chi connectivity index (χ0v) is 15.8. The Hall–Kier alpha value is -3.15. The molecule has 3 atom stereocenters. The minimum atomic E-state index is -0.515. The molecule has 3 aromatic rings. The molecule has 6 heteroatoms. The number of aromatic nitrogens is 1. The molecule has 29 heavy (non-hydrogen) atoms. The van der Waals surface area contributed by atoms with Gasteiger partial charge in [0.1, 0.15) is 17.9 Å². The summed E-state index contributed by atoms with van der Waals surface area (Å²) in [6.07, 6.45) is 2.08. The van der Waals surface area contributed by atoms with Crippen LogP contribution < -0.4 is 0 Å². The van der Waals surface area contributed by atoms with Crippen molar-refractivity contribution in [1.29, 1.82) is 0 Å². The number of benzene rings is 2. The van der Waals surface area contributed by atoms with Crippen molar-refractivity contribution >= 4 is 22.7 Å². The maximum absolute atomic E-state index is 13.6.